The minimum absolute atomic E-state index is 0.245. The van der Waals surface area contributed by atoms with E-state index >= 15 is 0 Å². The van der Waals surface area contributed by atoms with E-state index in [0.29, 0.717) is 0 Å². The molecular weight excluding hydrogens is 296 g/mol. The molecule has 0 spiro atoms. The largest absolute Gasteiger partial charge is 0.495 e. The summed E-state index contributed by atoms with van der Waals surface area (Å²) >= 11 is 0. The first kappa shape index (κ1) is 17.1. The predicted molar refractivity (Wildman–Crippen MR) is 88.0 cm³/mol. The van der Waals surface area contributed by atoms with Crippen LogP contribution in [0, 0.1) is 0 Å². The van der Waals surface area contributed by atoms with Crippen molar-refractivity contribution in [2.75, 3.05) is 45.2 Å². The molecule has 0 bridgehead atoms. The van der Waals surface area contributed by atoms with E-state index in [1.165, 1.54) is 11.9 Å². The average molecular weight is 321 g/mol. The first-order chi connectivity index (χ1) is 11.1. The number of rotatable bonds is 4. The highest BCUT2D eigenvalue weighted by Crippen LogP contribution is 2.27. The van der Waals surface area contributed by atoms with Gasteiger partial charge in [0.1, 0.15) is 5.75 Å². The molecule has 1 saturated heterocycles. The van der Waals surface area contributed by atoms with Crippen molar-refractivity contribution in [1.29, 1.82) is 0 Å². The molecule has 7 heteroatoms. The Kier molecular flexibility index (Phi) is 5.81. The Hall–Kier alpha value is -2.28. The molecule has 1 aliphatic rings. The van der Waals surface area contributed by atoms with E-state index < -0.39 is 6.03 Å². The lowest BCUT2D eigenvalue weighted by Gasteiger charge is -2.36. The fourth-order valence-corrected chi connectivity index (χ4v) is 2.83. The summed E-state index contributed by atoms with van der Waals surface area (Å²) in [7, 11) is 3.16. The molecule has 0 aromatic heterocycles. The highest BCUT2D eigenvalue weighted by atomic mass is 16.5. The van der Waals surface area contributed by atoms with Crippen LogP contribution in [0.3, 0.4) is 0 Å². The molecule has 3 N–H and O–H groups in total. The number of benzene rings is 1. The van der Waals surface area contributed by atoms with E-state index in [1.807, 2.05) is 31.2 Å². The van der Waals surface area contributed by atoms with Gasteiger partial charge in [0, 0.05) is 7.05 Å². The molecule has 3 amide bonds. The zero-order valence-corrected chi connectivity index (χ0v) is 13.9. The van der Waals surface area contributed by atoms with Crippen LogP contribution in [0.5, 0.6) is 5.75 Å². The van der Waals surface area contributed by atoms with Crippen LogP contribution in [0.25, 0.3) is 0 Å². The van der Waals surface area contributed by atoms with Gasteiger partial charge in [-0.05, 0) is 19.1 Å². The quantitative estimate of drug-likeness (QED) is 0.682. The number of nitrogens with one attached hydrogen (secondary N) is 3. The summed E-state index contributed by atoms with van der Waals surface area (Å²) in [5.74, 6) is 0.617. The molecular formula is C16H25N4O3+. The lowest BCUT2D eigenvalue weighted by Crippen LogP contribution is -3.19. The number of para-hydroxylation sites is 2. The van der Waals surface area contributed by atoms with Crippen LogP contribution in [0.1, 0.15) is 6.92 Å². The van der Waals surface area contributed by atoms with Crippen molar-refractivity contribution in [1.82, 2.24) is 10.6 Å². The number of methoxy groups -OCH3 is 1. The first-order valence-electron chi connectivity index (χ1n) is 7.82. The topological polar surface area (TPSA) is 75.1 Å². The normalized spacial score (nSPS) is 16.6. The number of piperazine rings is 1. The SMILES string of the molecule is CNC(=O)NC(=O)[C@@H](C)[NH+]1CCN(c2ccccc2OC)CC1. The fourth-order valence-electron chi connectivity index (χ4n) is 2.83. The smallest absolute Gasteiger partial charge is 0.321 e. The number of imide groups is 1. The van der Waals surface area contributed by atoms with E-state index in [1.54, 1.807) is 7.11 Å². The van der Waals surface area contributed by atoms with Gasteiger partial charge in [-0.1, -0.05) is 12.1 Å². The second-order valence-electron chi connectivity index (χ2n) is 5.61. The molecule has 2 rings (SSSR count). The third-order valence-corrected chi connectivity index (χ3v) is 4.30. The molecule has 1 atom stereocenters. The van der Waals surface area contributed by atoms with Crippen molar-refractivity contribution >= 4 is 17.6 Å². The van der Waals surface area contributed by atoms with Gasteiger partial charge in [0.25, 0.3) is 5.91 Å². The van der Waals surface area contributed by atoms with Crippen molar-refractivity contribution in [3.63, 3.8) is 0 Å². The Morgan fingerprint density at radius 2 is 1.91 bits per heavy atom. The molecule has 1 aromatic carbocycles. The maximum absolute atomic E-state index is 12.0. The van der Waals surface area contributed by atoms with Gasteiger partial charge in [0.2, 0.25) is 0 Å². The minimum atomic E-state index is -0.464. The molecule has 126 valence electrons. The molecule has 1 aliphatic heterocycles. The number of nitrogens with zero attached hydrogens (tertiary/aromatic N) is 1. The van der Waals surface area contributed by atoms with Crippen LogP contribution < -0.4 is 25.2 Å². The van der Waals surface area contributed by atoms with Crippen LogP contribution in [-0.2, 0) is 4.79 Å². The van der Waals surface area contributed by atoms with Gasteiger partial charge >= 0.3 is 6.03 Å². The Morgan fingerprint density at radius 1 is 1.26 bits per heavy atom. The fraction of sp³-hybridized carbons (Fsp3) is 0.500. The summed E-state index contributed by atoms with van der Waals surface area (Å²) in [6, 6.07) is 7.23. The maximum Gasteiger partial charge on any atom is 0.321 e. The lowest BCUT2D eigenvalue weighted by atomic mass is 10.2. The van der Waals surface area contributed by atoms with E-state index in [-0.39, 0.29) is 11.9 Å². The number of anilines is 1. The number of hydrogen-bond donors (Lipinski definition) is 3. The highest BCUT2D eigenvalue weighted by Gasteiger charge is 2.30. The molecule has 1 aromatic rings. The zero-order chi connectivity index (χ0) is 16.8. The molecule has 0 aliphatic carbocycles. The monoisotopic (exact) mass is 321 g/mol. The van der Waals surface area contributed by atoms with Gasteiger partial charge in [0.15, 0.2) is 6.04 Å². The summed E-state index contributed by atoms with van der Waals surface area (Å²) in [5.41, 5.74) is 1.08. The first-order valence-corrected chi connectivity index (χ1v) is 7.82. The molecule has 1 heterocycles. The summed E-state index contributed by atoms with van der Waals surface area (Å²) in [6.07, 6.45) is 0. The van der Waals surface area contributed by atoms with Crippen LogP contribution in [0.15, 0.2) is 24.3 Å². The highest BCUT2D eigenvalue weighted by molar-refractivity contribution is 5.96. The van der Waals surface area contributed by atoms with E-state index in [2.05, 4.69) is 15.5 Å². The zero-order valence-electron chi connectivity index (χ0n) is 13.9. The van der Waals surface area contributed by atoms with Gasteiger partial charge in [-0.15, -0.1) is 0 Å². The van der Waals surface area contributed by atoms with Crippen LogP contribution in [0.4, 0.5) is 10.5 Å². The van der Waals surface area contributed by atoms with Gasteiger partial charge in [0.05, 0.1) is 39.0 Å². The van der Waals surface area contributed by atoms with Crippen molar-refractivity contribution in [3.8, 4) is 5.75 Å². The average Bonchev–Trinajstić information content (AvgIpc) is 2.60. The Balaban J connectivity index is 1.93. The molecule has 0 saturated carbocycles. The number of ether oxygens (including phenoxy) is 1. The third-order valence-electron chi connectivity index (χ3n) is 4.30. The van der Waals surface area contributed by atoms with Gasteiger partial charge in [-0.25, -0.2) is 4.79 Å². The Morgan fingerprint density at radius 3 is 2.52 bits per heavy atom. The van der Waals surface area contributed by atoms with Gasteiger partial charge in [-0.2, -0.15) is 0 Å². The predicted octanol–water partition coefficient (Wildman–Crippen LogP) is -0.756. The molecule has 7 nitrogen and oxygen atoms in total. The molecule has 1 fully saturated rings. The number of amides is 3. The van der Waals surface area contributed by atoms with Crippen LogP contribution >= 0.6 is 0 Å². The summed E-state index contributed by atoms with van der Waals surface area (Å²) < 4.78 is 5.41. The Labute approximate surface area is 136 Å². The minimum Gasteiger partial charge on any atom is -0.495 e. The molecule has 23 heavy (non-hydrogen) atoms. The number of hydrogen-bond acceptors (Lipinski definition) is 4. The summed E-state index contributed by atoms with van der Waals surface area (Å²) in [5, 5.41) is 4.74. The second-order valence-corrected chi connectivity index (χ2v) is 5.61. The Bertz CT molecular complexity index is 556. The van der Waals surface area contributed by atoms with Gasteiger partial charge in [-0.3, -0.25) is 10.1 Å². The van der Waals surface area contributed by atoms with Crippen molar-refractivity contribution < 1.29 is 19.2 Å². The molecule has 0 unspecified atom stereocenters. The third kappa shape index (κ3) is 4.13. The number of carbonyl (C=O) groups is 2. The van der Waals surface area contributed by atoms with Crippen molar-refractivity contribution in [2.24, 2.45) is 0 Å². The van der Waals surface area contributed by atoms with E-state index in [4.69, 9.17) is 4.74 Å². The van der Waals surface area contributed by atoms with E-state index in [0.717, 1.165) is 37.6 Å². The second kappa shape index (κ2) is 7.82. The van der Waals surface area contributed by atoms with Gasteiger partial charge < -0.3 is 19.9 Å². The molecule has 0 radical (unpaired) electrons. The van der Waals surface area contributed by atoms with Crippen LogP contribution in [0.2, 0.25) is 0 Å². The van der Waals surface area contributed by atoms with E-state index in [9.17, 15) is 9.59 Å². The summed E-state index contributed by atoms with van der Waals surface area (Å²) in [6.45, 7) is 5.20. The number of urea groups is 1. The van der Waals surface area contributed by atoms with Crippen molar-refractivity contribution in [3.05, 3.63) is 24.3 Å². The van der Waals surface area contributed by atoms with Crippen molar-refractivity contribution in [2.45, 2.75) is 13.0 Å². The lowest BCUT2D eigenvalue weighted by molar-refractivity contribution is -0.914. The standard InChI is InChI=1S/C16H24N4O3/c1-12(15(21)18-16(22)17-2)19-8-10-20(11-9-19)13-6-4-5-7-14(13)23-3/h4-7,12H,8-11H2,1-3H3,(H2,17,18,21,22)/p+1/t12-/m1/s1. The summed E-state index contributed by atoms with van der Waals surface area (Å²) in [4.78, 5) is 26.7. The number of quaternary nitrogens is 1. The maximum atomic E-state index is 12.0. The number of carbonyl (C=O) groups excluding carboxylic acids is 2. The van der Waals surface area contributed by atoms with Crippen LogP contribution in [-0.4, -0.2) is 58.3 Å².